The molecule has 0 aliphatic carbocycles. The van der Waals surface area contributed by atoms with Crippen molar-refractivity contribution in [3.05, 3.63) is 47.3 Å². The van der Waals surface area contributed by atoms with Gasteiger partial charge in [-0.05, 0) is 29.5 Å². The second kappa shape index (κ2) is 11.8. The van der Waals surface area contributed by atoms with Gasteiger partial charge in [0.1, 0.15) is 5.75 Å². The zero-order chi connectivity index (χ0) is 18.9. The molecule has 0 amide bonds. The first-order valence-electron chi connectivity index (χ1n) is 9.09. The minimum absolute atomic E-state index is 0. The molecule has 0 unspecified atom stereocenters. The van der Waals surface area contributed by atoms with Gasteiger partial charge in [-0.1, -0.05) is 45.0 Å². The fourth-order valence-corrected chi connectivity index (χ4v) is 2.23. The topological polar surface area (TPSA) is 71.7 Å². The van der Waals surface area contributed by atoms with Crippen LogP contribution in [-0.2, 0) is 13.1 Å². The summed E-state index contributed by atoms with van der Waals surface area (Å²) < 4.78 is 11.0. The van der Waals surface area contributed by atoms with Gasteiger partial charge in [0, 0.05) is 19.7 Å². The third-order valence-electron chi connectivity index (χ3n) is 3.79. The van der Waals surface area contributed by atoms with E-state index in [9.17, 15) is 0 Å². The molecule has 2 rings (SSSR count). The molecule has 7 heteroatoms. The van der Waals surface area contributed by atoms with Crippen LogP contribution in [0.15, 0.2) is 39.8 Å². The average molecular weight is 486 g/mol. The van der Waals surface area contributed by atoms with Gasteiger partial charge >= 0.3 is 0 Å². The Labute approximate surface area is 179 Å². The Bertz CT molecular complexity index is 696. The molecule has 0 radical (unpaired) electrons. The second-order valence-electron chi connectivity index (χ2n) is 7.00. The van der Waals surface area contributed by atoms with E-state index in [2.05, 4.69) is 60.6 Å². The monoisotopic (exact) mass is 486 g/mol. The van der Waals surface area contributed by atoms with Crippen molar-refractivity contribution >= 4 is 29.9 Å². The number of hydrogen-bond donors (Lipinski definition) is 2. The second-order valence-corrected chi connectivity index (χ2v) is 7.00. The fraction of sp³-hybridized carbons (Fsp3) is 0.500. The largest absolute Gasteiger partial charge is 0.493 e. The van der Waals surface area contributed by atoms with Crippen LogP contribution in [0.3, 0.4) is 0 Å². The van der Waals surface area contributed by atoms with Gasteiger partial charge in [-0.25, -0.2) is 0 Å². The molecule has 1 heterocycles. The van der Waals surface area contributed by atoms with E-state index >= 15 is 0 Å². The summed E-state index contributed by atoms with van der Waals surface area (Å²) in [4.78, 5) is 4.23. The van der Waals surface area contributed by atoms with Gasteiger partial charge in [-0.15, -0.1) is 24.0 Å². The van der Waals surface area contributed by atoms with E-state index in [0.717, 1.165) is 29.4 Å². The van der Waals surface area contributed by atoms with Gasteiger partial charge in [0.2, 0.25) is 0 Å². The molecule has 0 bridgehead atoms. The predicted octanol–water partition coefficient (Wildman–Crippen LogP) is 4.32. The van der Waals surface area contributed by atoms with E-state index in [1.54, 1.807) is 7.05 Å². The molecule has 1 aromatic carbocycles. The fourth-order valence-electron chi connectivity index (χ4n) is 2.23. The minimum Gasteiger partial charge on any atom is -0.493 e. The summed E-state index contributed by atoms with van der Waals surface area (Å²) in [5, 5.41) is 10.6. The molecule has 0 aliphatic heterocycles. The van der Waals surface area contributed by atoms with Crippen LogP contribution in [-0.4, -0.2) is 24.8 Å². The van der Waals surface area contributed by atoms with Crippen LogP contribution in [0.2, 0.25) is 0 Å². The number of aliphatic imine (C=N–C) groups is 1. The number of nitrogens with one attached hydrogen (secondary N) is 2. The number of benzene rings is 1. The van der Waals surface area contributed by atoms with Crippen molar-refractivity contribution in [3.63, 3.8) is 0 Å². The number of hydrogen-bond acceptors (Lipinski definition) is 4. The number of nitrogens with zero attached hydrogens (tertiary/aromatic N) is 2. The quantitative estimate of drug-likeness (QED) is 0.331. The highest BCUT2D eigenvalue weighted by Gasteiger charge is 2.08. The number of rotatable bonds is 8. The Hall–Kier alpha value is -1.77. The SMILES string of the molecule is CN=C(NCc1ccc(OCC(C)C)cc1)NCc1cc(C(C)C)no1.I. The van der Waals surface area contributed by atoms with E-state index in [-0.39, 0.29) is 24.0 Å². The molecule has 150 valence electrons. The Morgan fingerprint density at radius 3 is 2.33 bits per heavy atom. The van der Waals surface area contributed by atoms with Crippen molar-refractivity contribution in [2.45, 2.75) is 46.7 Å². The minimum atomic E-state index is 0. The summed E-state index contributed by atoms with van der Waals surface area (Å²) in [6.45, 7) is 10.4. The third kappa shape index (κ3) is 8.19. The van der Waals surface area contributed by atoms with Gasteiger partial charge in [-0.3, -0.25) is 4.99 Å². The zero-order valence-corrected chi connectivity index (χ0v) is 19.1. The van der Waals surface area contributed by atoms with E-state index in [0.29, 0.717) is 30.9 Å². The molecule has 27 heavy (non-hydrogen) atoms. The third-order valence-corrected chi connectivity index (χ3v) is 3.79. The highest BCUT2D eigenvalue weighted by molar-refractivity contribution is 14.0. The summed E-state index contributed by atoms with van der Waals surface area (Å²) in [5.74, 6) is 3.29. The van der Waals surface area contributed by atoms with Crippen LogP contribution in [0.5, 0.6) is 5.75 Å². The highest BCUT2D eigenvalue weighted by Crippen LogP contribution is 2.14. The summed E-state index contributed by atoms with van der Waals surface area (Å²) in [6.07, 6.45) is 0. The molecular weight excluding hydrogens is 455 g/mol. The Balaban J connectivity index is 0.00000364. The summed E-state index contributed by atoms with van der Waals surface area (Å²) in [6, 6.07) is 10.1. The predicted molar refractivity (Wildman–Crippen MR) is 120 cm³/mol. The maximum absolute atomic E-state index is 5.70. The molecule has 6 nitrogen and oxygen atoms in total. The maximum Gasteiger partial charge on any atom is 0.191 e. The summed E-state index contributed by atoms with van der Waals surface area (Å²) in [7, 11) is 1.75. The van der Waals surface area contributed by atoms with E-state index in [1.165, 1.54) is 0 Å². The van der Waals surface area contributed by atoms with Crippen LogP contribution < -0.4 is 15.4 Å². The van der Waals surface area contributed by atoms with Crippen molar-refractivity contribution in [1.82, 2.24) is 15.8 Å². The normalized spacial score (nSPS) is 11.4. The molecule has 1 aromatic heterocycles. The van der Waals surface area contributed by atoms with Gasteiger partial charge < -0.3 is 19.9 Å². The maximum atomic E-state index is 5.70. The lowest BCUT2D eigenvalue weighted by molar-refractivity contribution is 0.271. The number of aromatic nitrogens is 1. The highest BCUT2D eigenvalue weighted by atomic mass is 127. The molecule has 0 saturated heterocycles. The van der Waals surface area contributed by atoms with Gasteiger partial charge in [0.05, 0.1) is 18.8 Å². The molecule has 0 fully saturated rings. The van der Waals surface area contributed by atoms with E-state index in [1.807, 2.05) is 18.2 Å². The standard InChI is InChI=1S/C20H30N4O2.HI/c1-14(2)13-25-17-8-6-16(7-9-17)11-22-20(21-5)23-12-18-10-19(15(3)4)24-26-18;/h6-10,14-15H,11-13H2,1-5H3,(H2,21,22,23);1H. The Kier molecular flexibility index (Phi) is 10.2. The van der Waals surface area contributed by atoms with Gasteiger partial charge in [-0.2, -0.15) is 0 Å². The summed E-state index contributed by atoms with van der Waals surface area (Å²) in [5.41, 5.74) is 2.12. The van der Waals surface area contributed by atoms with Crippen LogP contribution >= 0.6 is 24.0 Å². The van der Waals surface area contributed by atoms with Crippen LogP contribution in [0.4, 0.5) is 0 Å². The number of halogens is 1. The van der Waals surface area contributed by atoms with Crippen molar-refractivity contribution in [1.29, 1.82) is 0 Å². The number of guanidine groups is 1. The Morgan fingerprint density at radius 2 is 1.78 bits per heavy atom. The first kappa shape index (κ1) is 23.3. The lowest BCUT2D eigenvalue weighted by Crippen LogP contribution is -2.36. The molecule has 2 aromatic rings. The van der Waals surface area contributed by atoms with E-state index in [4.69, 9.17) is 9.26 Å². The van der Waals surface area contributed by atoms with Crippen LogP contribution in [0, 0.1) is 5.92 Å². The average Bonchev–Trinajstić information content (AvgIpc) is 3.10. The van der Waals surface area contributed by atoms with Crippen molar-refractivity contribution in [2.75, 3.05) is 13.7 Å². The van der Waals surface area contributed by atoms with Crippen LogP contribution in [0.25, 0.3) is 0 Å². The molecule has 0 saturated carbocycles. The van der Waals surface area contributed by atoms with E-state index < -0.39 is 0 Å². The van der Waals surface area contributed by atoms with Crippen LogP contribution in [0.1, 0.15) is 50.6 Å². The lowest BCUT2D eigenvalue weighted by atomic mass is 10.1. The van der Waals surface area contributed by atoms with Crippen molar-refractivity contribution < 1.29 is 9.26 Å². The first-order valence-corrected chi connectivity index (χ1v) is 9.09. The Morgan fingerprint density at radius 1 is 1.11 bits per heavy atom. The lowest BCUT2D eigenvalue weighted by Gasteiger charge is -2.12. The smallest absolute Gasteiger partial charge is 0.191 e. The van der Waals surface area contributed by atoms with Gasteiger partial charge in [0.15, 0.2) is 11.7 Å². The summed E-state index contributed by atoms with van der Waals surface area (Å²) >= 11 is 0. The zero-order valence-electron chi connectivity index (χ0n) is 16.8. The molecule has 0 aliphatic rings. The molecule has 2 N–H and O–H groups in total. The molecule has 0 spiro atoms. The molecular formula is C20H31IN4O2. The number of ether oxygens (including phenoxy) is 1. The molecule has 0 atom stereocenters. The van der Waals surface area contributed by atoms with Crippen molar-refractivity contribution in [3.8, 4) is 5.75 Å². The van der Waals surface area contributed by atoms with Crippen molar-refractivity contribution in [2.24, 2.45) is 10.9 Å². The first-order chi connectivity index (χ1) is 12.5. The van der Waals surface area contributed by atoms with Gasteiger partial charge in [0.25, 0.3) is 0 Å².